The van der Waals surface area contributed by atoms with E-state index in [1.54, 1.807) is 16.8 Å². The van der Waals surface area contributed by atoms with Crippen molar-refractivity contribution in [3.8, 4) is 0 Å². The van der Waals surface area contributed by atoms with Crippen molar-refractivity contribution in [2.24, 2.45) is 0 Å². The summed E-state index contributed by atoms with van der Waals surface area (Å²) in [5.74, 6) is 0.356. The number of benzene rings is 2. The SMILES string of the molecule is O=C(Nc1ccn(Cc2ccccc2)n1)c1ccccc1Br. The molecule has 0 atom stereocenters. The third kappa shape index (κ3) is 3.43. The van der Waals surface area contributed by atoms with E-state index in [4.69, 9.17) is 0 Å². The molecular formula is C17H14BrN3O. The van der Waals surface area contributed by atoms with Gasteiger partial charge in [-0.25, -0.2) is 0 Å². The standard InChI is InChI=1S/C17H14BrN3O/c18-15-9-5-4-8-14(15)17(22)19-16-10-11-21(20-16)12-13-6-2-1-3-7-13/h1-11H,12H2,(H,19,20,22). The first-order valence-corrected chi connectivity index (χ1v) is 7.65. The van der Waals surface area contributed by atoms with Gasteiger partial charge in [0, 0.05) is 16.7 Å². The number of hydrogen-bond donors (Lipinski definition) is 1. The third-order valence-electron chi connectivity index (χ3n) is 3.19. The van der Waals surface area contributed by atoms with Gasteiger partial charge in [-0.2, -0.15) is 5.10 Å². The van der Waals surface area contributed by atoms with Crippen LogP contribution in [0.1, 0.15) is 15.9 Å². The van der Waals surface area contributed by atoms with Gasteiger partial charge in [-0.1, -0.05) is 42.5 Å². The third-order valence-corrected chi connectivity index (χ3v) is 3.88. The molecule has 0 aliphatic carbocycles. The Balaban J connectivity index is 1.69. The van der Waals surface area contributed by atoms with Gasteiger partial charge in [0.2, 0.25) is 0 Å². The van der Waals surface area contributed by atoms with Gasteiger partial charge in [0.05, 0.1) is 12.1 Å². The fourth-order valence-corrected chi connectivity index (χ4v) is 2.58. The van der Waals surface area contributed by atoms with Crippen LogP contribution in [0.25, 0.3) is 0 Å². The predicted octanol–water partition coefficient (Wildman–Crippen LogP) is 3.95. The van der Waals surface area contributed by atoms with E-state index in [1.165, 1.54) is 0 Å². The molecule has 0 bridgehead atoms. The molecule has 1 aromatic heterocycles. The fourth-order valence-electron chi connectivity index (χ4n) is 2.12. The molecule has 22 heavy (non-hydrogen) atoms. The quantitative estimate of drug-likeness (QED) is 0.770. The lowest BCUT2D eigenvalue weighted by atomic mass is 10.2. The highest BCUT2D eigenvalue weighted by atomic mass is 79.9. The summed E-state index contributed by atoms with van der Waals surface area (Å²) in [5.41, 5.74) is 1.74. The Kier molecular flexibility index (Phi) is 4.34. The van der Waals surface area contributed by atoms with Gasteiger partial charge in [0.15, 0.2) is 5.82 Å². The summed E-state index contributed by atoms with van der Waals surface area (Å²) in [5, 5.41) is 7.17. The summed E-state index contributed by atoms with van der Waals surface area (Å²) in [6, 6.07) is 19.1. The normalized spacial score (nSPS) is 10.4. The molecule has 0 saturated carbocycles. The van der Waals surface area contributed by atoms with Crippen molar-refractivity contribution in [1.82, 2.24) is 9.78 Å². The number of nitrogens with one attached hydrogen (secondary N) is 1. The van der Waals surface area contributed by atoms with E-state index >= 15 is 0 Å². The van der Waals surface area contributed by atoms with Crippen molar-refractivity contribution in [1.29, 1.82) is 0 Å². The summed E-state index contributed by atoms with van der Waals surface area (Å²) in [6.07, 6.45) is 1.85. The summed E-state index contributed by atoms with van der Waals surface area (Å²) < 4.78 is 2.56. The number of carbonyl (C=O) groups is 1. The Bertz CT molecular complexity index is 783. The van der Waals surface area contributed by atoms with Crippen molar-refractivity contribution in [2.75, 3.05) is 5.32 Å². The van der Waals surface area contributed by atoms with Gasteiger partial charge in [-0.15, -0.1) is 0 Å². The summed E-state index contributed by atoms with van der Waals surface area (Å²) in [6.45, 7) is 0.672. The zero-order chi connectivity index (χ0) is 15.4. The molecule has 3 aromatic rings. The molecule has 3 rings (SSSR count). The maximum absolute atomic E-state index is 12.2. The molecule has 1 N–H and O–H groups in total. The lowest BCUT2D eigenvalue weighted by Crippen LogP contribution is -2.13. The number of nitrogens with zero attached hydrogens (tertiary/aromatic N) is 2. The Hall–Kier alpha value is -2.40. The lowest BCUT2D eigenvalue weighted by Gasteiger charge is -2.04. The van der Waals surface area contributed by atoms with Crippen molar-refractivity contribution in [2.45, 2.75) is 6.54 Å². The van der Waals surface area contributed by atoms with E-state index in [0.29, 0.717) is 17.9 Å². The van der Waals surface area contributed by atoms with Crippen LogP contribution in [0.4, 0.5) is 5.82 Å². The molecule has 5 heteroatoms. The van der Waals surface area contributed by atoms with E-state index in [1.807, 2.05) is 54.7 Å². The monoisotopic (exact) mass is 355 g/mol. The Morgan fingerprint density at radius 2 is 1.77 bits per heavy atom. The zero-order valence-corrected chi connectivity index (χ0v) is 13.3. The van der Waals surface area contributed by atoms with Gasteiger partial charge in [-0.3, -0.25) is 9.48 Å². The highest BCUT2D eigenvalue weighted by Gasteiger charge is 2.10. The van der Waals surface area contributed by atoms with Gasteiger partial charge >= 0.3 is 0 Å². The number of amides is 1. The molecule has 2 aromatic carbocycles. The van der Waals surface area contributed by atoms with Gasteiger partial charge < -0.3 is 5.32 Å². The molecule has 0 spiro atoms. The van der Waals surface area contributed by atoms with Crippen molar-refractivity contribution < 1.29 is 4.79 Å². The largest absolute Gasteiger partial charge is 0.305 e. The van der Waals surface area contributed by atoms with E-state index in [2.05, 4.69) is 26.3 Å². The number of halogens is 1. The van der Waals surface area contributed by atoms with E-state index in [0.717, 1.165) is 10.0 Å². The second kappa shape index (κ2) is 6.58. The smallest absolute Gasteiger partial charge is 0.258 e. The minimum atomic E-state index is -0.183. The van der Waals surface area contributed by atoms with Crippen LogP contribution in [0.15, 0.2) is 71.3 Å². The van der Waals surface area contributed by atoms with Crippen LogP contribution in [0, 0.1) is 0 Å². The molecular weight excluding hydrogens is 342 g/mol. The molecule has 1 amide bonds. The van der Waals surface area contributed by atoms with Crippen LogP contribution in [-0.4, -0.2) is 15.7 Å². The molecule has 0 saturated heterocycles. The fraction of sp³-hybridized carbons (Fsp3) is 0.0588. The van der Waals surface area contributed by atoms with E-state index < -0.39 is 0 Å². The summed E-state index contributed by atoms with van der Waals surface area (Å²) in [4.78, 5) is 12.2. The van der Waals surface area contributed by atoms with Crippen molar-refractivity contribution in [3.05, 3.63) is 82.5 Å². The molecule has 0 fully saturated rings. The second-order valence-electron chi connectivity index (χ2n) is 4.82. The maximum atomic E-state index is 12.2. The molecule has 0 unspecified atom stereocenters. The van der Waals surface area contributed by atoms with Crippen LogP contribution in [0.2, 0.25) is 0 Å². The van der Waals surface area contributed by atoms with E-state index in [9.17, 15) is 4.79 Å². The van der Waals surface area contributed by atoms with Crippen LogP contribution in [-0.2, 0) is 6.54 Å². The Morgan fingerprint density at radius 1 is 1.05 bits per heavy atom. The predicted molar refractivity (Wildman–Crippen MR) is 89.9 cm³/mol. The average molecular weight is 356 g/mol. The van der Waals surface area contributed by atoms with Crippen molar-refractivity contribution in [3.63, 3.8) is 0 Å². The molecule has 0 radical (unpaired) electrons. The molecule has 4 nitrogen and oxygen atoms in total. The molecule has 110 valence electrons. The topological polar surface area (TPSA) is 46.9 Å². The van der Waals surface area contributed by atoms with Gasteiger partial charge in [0.1, 0.15) is 0 Å². The molecule has 1 heterocycles. The number of hydrogen-bond acceptors (Lipinski definition) is 2. The summed E-state index contributed by atoms with van der Waals surface area (Å²) in [7, 11) is 0. The highest BCUT2D eigenvalue weighted by Crippen LogP contribution is 2.17. The van der Waals surface area contributed by atoms with Gasteiger partial charge in [0.25, 0.3) is 5.91 Å². The maximum Gasteiger partial charge on any atom is 0.258 e. The lowest BCUT2D eigenvalue weighted by molar-refractivity contribution is 0.102. The minimum absolute atomic E-state index is 0.183. The number of rotatable bonds is 4. The first-order chi connectivity index (χ1) is 10.7. The highest BCUT2D eigenvalue weighted by molar-refractivity contribution is 9.10. The first kappa shape index (κ1) is 14.5. The minimum Gasteiger partial charge on any atom is -0.305 e. The Labute approximate surface area is 136 Å². The molecule has 0 aliphatic rings. The van der Waals surface area contributed by atoms with Crippen LogP contribution in [0.3, 0.4) is 0 Å². The summed E-state index contributed by atoms with van der Waals surface area (Å²) >= 11 is 3.37. The Morgan fingerprint density at radius 3 is 2.55 bits per heavy atom. The van der Waals surface area contributed by atoms with Crippen LogP contribution < -0.4 is 5.32 Å². The average Bonchev–Trinajstić information content (AvgIpc) is 2.95. The molecule has 0 aliphatic heterocycles. The van der Waals surface area contributed by atoms with Crippen LogP contribution >= 0.6 is 15.9 Å². The number of anilines is 1. The zero-order valence-electron chi connectivity index (χ0n) is 11.7. The van der Waals surface area contributed by atoms with Crippen LogP contribution in [0.5, 0.6) is 0 Å². The number of aromatic nitrogens is 2. The number of carbonyl (C=O) groups excluding carboxylic acids is 1. The van der Waals surface area contributed by atoms with Crippen molar-refractivity contribution >= 4 is 27.7 Å². The first-order valence-electron chi connectivity index (χ1n) is 6.85. The second-order valence-corrected chi connectivity index (χ2v) is 5.67. The van der Waals surface area contributed by atoms with E-state index in [-0.39, 0.29) is 5.91 Å². The van der Waals surface area contributed by atoms with Gasteiger partial charge in [-0.05, 0) is 33.6 Å².